The Balaban J connectivity index is 1.79. The van der Waals surface area contributed by atoms with Crippen molar-refractivity contribution in [1.82, 2.24) is 9.47 Å². The number of hydrogen-bond donors (Lipinski definition) is 1. The van der Waals surface area contributed by atoms with Gasteiger partial charge in [-0.05, 0) is 30.7 Å². The third-order valence-electron chi connectivity index (χ3n) is 4.83. The molecule has 3 atom stereocenters. The summed E-state index contributed by atoms with van der Waals surface area (Å²) in [5, 5.41) is 0. The minimum Gasteiger partial charge on any atom is -0.340 e. The van der Waals surface area contributed by atoms with Gasteiger partial charge in [-0.25, -0.2) is 0 Å². The molecule has 0 aliphatic carbocycles. The molecule has 1 fully saturated rings. The monoisotopic (exact) mass is 303 g/mol. The highest BCUT2D eigenvalue weighted by Gasteiger charge is 2.37. The van der Waals surface area contributed by atoms with E-state index in [1.807, 2.05) is 21.6 Å². The number of aromatic nitrogens is 1. The third-order valence-corrected chi connectivity index (χ3v) is 4.83. The van der Waals surface area contributed by atoms with E-state index in [1.165, 1.54) is 0 Å². The summed E-state index contributed by atoms with van der Waals surface area (Å²) in [6, 6.07) is 5.05. The molecule has 1 saturated heterocycles. The van der Waals surface area contributed by atoms with Crippen LogP contribution in [-0.2, 0) is 11.3 Å². The third kappa shape index (κ3) is 2.82. The number of fused-ring (bicyclic) bond motifs is 4. The number of carbonyl (C=O) groups is 1. The predicted molar refractivity (Wildman–Crippen MR) is 85.6 cm³/mol. The molecule has 5 heteroatoms. The van der Waals surface area contributed by atoms with Crippen molar-refractivity contribution in [3.05, 3.63) is 34.2 Å². The van der Waals surface area contributed by atoms with Gasteiger partial charge >= 0.3 is 0 Å². The standard InChI is InChI=1S/C17H25N3O2/c1-11(2)6-14(18)17(22)19-8-12-7-13(10-19)15-4-3-5-16(21)20(15)9-12/h3-5,11-14H,6-10,18H2,1-2H3/t12-,13-,14-/m1/s1. The van der Waals surface area contributed by atoms with Crippen molar-refractivity contribution in [3.8, 4) is 0 Å². The van der Waals surface area contributed by atoms with Crippen molar-refractivity contribution in [2.75, 3.05) is 13.1 Å². The number of amides is 1. The molecule has 1 aromatic rings. The summed E-state index contributed by atoms with van der Waals surface area (Å²) < 4.78 is 1.88. The highest BCUT2D eigenvalue weighted by Crippen LogP contribution is 2.35. The Labute approximate surface area is 131 Å². The second-order valence-electron chi connectivity index (χ2n) is 7.18. The van der Waals surface area contributed by atoms with Crippen LogP contribution in [0, 0.1) is 11.8 Å². The Bertz CT molecular complexity index is 623. The Morgan fingerprint density at radius 2 is 2.09 bits per heavy atom. The Hall–Kier alpha value is -1.62. The van der Waals surface area contributed by atoms with Gasteiger partial charge in [0.05, 0.1) is 6.04 Å². The summed E-state index contributed by atoms with van der Waals surface area (Å²) in [6.07, 6.45) is 1.79. The summed E-state index contributed by atoms with van der Waals surface area (Å²) in [7, 11) is 0. The molecule has 1 amide bonds. The maximum Gasteiger partial charge on any atom is 0.250 e. The summed E-state index contributed by atoms with van der Waals surface area (Å²) in [6.45, 7) is 6.29. The first-order valence-corrected chi connectivity index (χ1v) is 8.19. The molecular weight excluding hydrogens is 278 g/mol. The number of carbonyl (C=O) groups excluding carboxylic acids is 1. The van der Waals surface area contributed by atoms with Gasteiger partial charge in [-0.3, -0.25) is 9.59 Å². The fourth-order valence-electron chi connectivity index (χ4n) is 3.92. The Morgan fingerprint density at radius 1 is 1.32 bits per heavy atom. The fourth-order valence-corrected chi connectivity index (χ4v) is 3.92. The van der Waals surface area contributed by atoms with Crippen molar-refractivity contribution in [1.29, 1.82) is 0 Å². The van der Waals surface area contributed by atoms with Crippen molar-refractivity contribution in [2.45, 2.75) is 45.2 Å². The zero-order valence-electron chi connectivity index (χ0n) is 13.4. The molecular formula is C17H25N3O2. The van der Waals surface area contributed by atoms with Crippen molar-refractivity contribution in [3.63, 3.8) is 0 Å². The Morgan fingerprint density at radius 3 is 2.82 bits per heavy atom. The highest BCUT2D eigenvalue weighted by atomic mass is 16.2. The lowest BCUT2D eigenvalue weighted by atomic mass is 9.83. The van der Waals surface area contributed by atoms with E-state index < -0.39 is 6.04 Å². The lowest BCUT2D eigenvalue weighted by Gasteiger charge is -2.43. The van der Waals surface area contributed by atoms with Crippen LogP contribution in [0.15, 0.2) is 23.0 Å². The largest absolute Gasteiger partial charge is 0.340 e. The summed E-state index contributed by atoms with van der Waals surface area (Å²) in [4.78, 5) is 26.5. The second-order valence-corrected chi connectivity index (χ2v) is 7.18. The molecule has 0 spiro atoms. The van der Waals surface area contributed by atoms with Gasteiger partial charge in [0.2, 0.25) is 5.91 Å². The van der Waals surface area contributed by atoms with E-state index >= 15 is 0 Å². The maximum absolute atomic E-state index is 12.6. The molecule has 1 aromatic heterocycles. The molecule has 2 aliphatic rings. The number of piperidine rings is 1. The molecule has 3 rings (SSSR count). The number of rotatable bonds is 3. The van der Waals surface area contributed by atoms with Crippen molar-refractivity contribution < 1.29 is 4.79 Å². The first-order chi connectivity index (χ1) is 10.5. The highest BCUT2D eigenvalue weighted by molar-refractivity contribution is 5.81. The van der Waals surface area contributed by atoms with E-state index in [0.717, 1.165) is 25.1 Å². The molecule has 0 radical (unpaired) electrons. The zero-order valence-corrected chi connectivity index (χ0v) is 13.4. The first-order valence-electron chi connectivity index (χ1n) is 8.19. The lowest BCUT2D eigenvalue weighted by molar-refractivity contribution is -0.135. The first kappa shape index (κ1) is 15.3. The topological polar surface area (TPSA) is 68.3 Å². The van der Waals surface area contributed by atoms with Gasteiger partial charge in [0, 0.05) is 37.3 Å². The number of pyridine rings is 1. The summed E-state index contributed by atoms with van der Waals surface area (Å²) >= 11 is 0. The van der Waals surface area contributed by atoms with Crippen LogP contribution in [0.4, 0.5) is 0 Å². The van der Waals surface area contributed by atoms with E-state index in [9.17, 15) is 9.59 Å². The van der Waals surface area contributed by atoms with Gasteiger partial charge in [0.15, 0.2) is 0 Å². The quantitative estimate of drug-likeness (QED) is 0.911. The molecule has 0 aromatic carbocycles. The fraction of sp³-hybridized carbons (Fsp3) is 0.647. The number of hydrogen-bond acceptors (Lipinski definition) is 3. The van der Waals surface area contributed by atoms with Crippen LogP contribution in [-0.4, -0.2) is 34.5 Å². The average molecular weight is 303 g/mol. The molecule has 120 valence electrons. The summed E-state index contributed by atoms with van der Waals surface area (Å²) in [5.74, 6) is 1.11. The number of nitrogens with zero attached hydrogens (tertiary/aromatic N) is 2. The lowest BCUT2D eigenvalue weighted by Crippen LogP contribution is -2.53. The van der Waals surface area contributed by atoms with Crippen LogP contribution in [0.25, 0.3) is 0 Å². The van der Waals surface area contributed by atoms with Gasteiger partial charge in [-0.15, -0.1) is 0 Å². The molecule has 2 N–H and O–H groups in total. The van der Waals surface area contributed by atoms with Crippen LogP contribution < -0.4 is 11.3 Å². The predicted octanol–water partition coefficient (Wildman–Crippen LogP) is 1.17. The minimum atomic E-state index is -0.406. The Kier molecular flexibility index (Phi) is 4.08. The van der Waals surface area contributed by atoms with Gasteiger partial charge < -0.3 is 15.2 Å². The van der Waals surface area contributed by atoms with E-state index in [2.05, 4.69) is 13.8 Å². The second kappa shape index (κ2) is 5.88. The molecule has 22 heavy (non-hydrogen) atoms. The number of likely N-dealkylation sites (tertiary alicyclic amines) is 1. The molecule has 3 heterocycles. The SMILES string of the molecule is CC(C)C[C@@H](N)C(=O)N1C[C@H]2C[C@H](C1)c1cccc(=O)n1C2. The van der Waals surface area contributed by atoms with Gasteiger partial charge in [-0.2, -0.15) is 0 Å². The molecule has 2 aliphatic heterocycles. The van der Waals surface area contributed by atoms with E-state index in [-0.39, 0.29) is 17.4 Å². The van der Waals surface area contributed by atoms with E-state index in [0.29, 0.717) is 24.9 Å². The zero-order chi connectivity index (χ0) is 15.9. The molecule has 0 unspecified atom stereocenters. The van der Waals surface area contributed by atoms with Gasteiger partial charge in [0.1, 0.15) is 0 Å². The maximum atomic E-state index is 12.6. The van der Waals surface area contributed by atoms with Crippen molar-refractivity contribution >= 4 is 5.91 Å². The molecule has 2 bridgehead atoms. The van der Waals surface area contributed by atoms with Crippen LogP contribution in [0.5, 0.6) is 0 Å². The van der Waals surface area contributed by atoms with Crippen LogP contribution in [0.2, 0.25) is 0 Å². The normalized spacial score (nSPS) is 25.0. The van der Waals surface area contributed by atoms with Crippen LogP contribution >= 0.6 is 0 Å². The van der Waals surface area contributed by atoms with Gasteiger partial charge in [0.25, 0.3) is 5.56 Å². The van der Waals surface area contributed by atoms with E-state index in [4.69, 9.17) is 5.73 Å². The van der Waals surface area contributed by atoms with E-state index in [1.54, 1.807) is 6.07 Å². The van der Waals surface area contributed by atoms with Gasteiger partial charge in [-0.1, -0.05) is 19.9 Å². The average Bonchev–Trinajstić information content (AvgIpc) is 2.46. The minimum absolute atomic E-state index is 0.0649. The van der Waals surface area contributed by atoms with Crippen molar-refractivity contribution in [2.24, 2.45) is 17.6 Å². The van der Waals surface area contributed by atoms with Crippen LogP contribution in [0.3, 0.4) is 0 Å². The number of nitrogens with two attached hydrogens (primary N) is 1. The smallest absolute Gasteiger partial charge is 0.250 e. The molecule has 0 saturated carbocycles. The molecule has 5 nitrogen and oxygen atoms in total. The van der Waals surface area contributed by atoms with Crippen LogP contribution in [0.1, 0.15) is 38.3 Å². The summed E-state index contributed by atoms with van der Waals surface area (Å²) in [5.41, 5.74) is 7.21.